The predicted octanol–water partition coefficient (Wildman–Crippen LogP) is 3.53. The second-order valence-corrected chi connectivity index (χ2v) is 5.78. The third-order valence-electron chi connectivity index (χ3n) is 4.18. The Morgan fingerprint density at radius 1 is 1.00 bits per heavy atom. The number of hydrogen-bond donors (Lipinski definition) is 2. The second-order valence-electron chi connectivity index (χ2n) is 5.78. The highest BCUT2D eigenvalue weighted by Gasteiger charge is 2.12. The van der Waals surface area contributed by atoms with E-state index in [2.05, 4.69) is 52.8 Å². The standard InChI is InChI=1S/C19H23N3/c20-19(21-14-13-15-7-2-1-3-8-15)22-18-12-6-10-16-9-4-5-11-17(16)18/h1-3,6-8,10,12H,4-5,9,11,13-14H2,(H3,20,21,22). The Kier molecular flexibility index (Phi) is 4.74. The van der Waals surface area contributed by atoms with Crippen molar-refractivity contribution in [1.82, 2.24) is 0 Å². The zero-order valence-corrected chi connectivity index (χ0v) is 12.9. The molecule has 0 spiro atoms. The van der Waals surface area contributed by atoms with Crippen molar-refractivity contribution in [1.29, 1.82) is 0 Å². The van der Waals surface area contributed by atoms with Crippen molar-refractivity contribution < 1.29 is 0 Å². The van der Waals surface area contributed by atoms with E-state index >= 15 is 0 Å². The zero-order valence-electron chi connectivity index (χ0n) is 12.9. The third-order valence-corrected chi connectivity index (χ3v) is 4.18. The van der Waals surface area contributed by atoms with Gasteiger partial charge < -0.3 is 11.1 Å². The number of anilines is 1. The molecule has 0 bridgehead atoms. The van der Waals surface area contributed by atoms with E-state index < -0.39 is 0 Å². The lowest BCUT2D eigenvalue weighted by molar-refractivity contribution is 0.687. The highest BCUT2D eigenvalue weighted by Crippen LogP contribution is 2.27. The number of nitrogens with one attached hydrogen (secondary N) is 1. The molecule has 0 saturated carbocycles. The summed E-state index contributed by atoms with van der Waals surface area (Å²) in [6, 6.07) is 16.8. The molecule has 3 rings (SSSR count). The van der Waals surface area contributed by atoms with Crippen molar-refractivity contribution in [2.24, 2.45) is 10.7 Å². The van der Waals surface area contributed by atoms with Gasteiger partial charge in [-0.3, -0.25) is 4.99 Å². The van der Waals surface area contributed by atoms with Gasteiger partial charge in [0.05, 0.1) is 0 Å². The van der Waals surface area contributed by atoms with Gasteiger partial charge in [0.1, 0.15) is 0 Å². The normalized spacial score (nSPS) is 14.5. The van der Waals surface area contributed by atoms with Crippen LogP contribution in [0.3, 0.4) is 0 Å². The fourth-order valence-corrected chi connectivity index (χ4v) is 3.03. The second kappa shape index (κ2) is 7.12. The Bertz CT molecular complexity index is 647. The van der Waals surface area contributed by atoms with E-state index in [0.29, 0.717) is 12.5 Å². The molecule has 0 radical (unpaired) electrons. The lowest BCUT2D eigenvalue weighted by Gasteiger charge is -2.19. The molecule has 22 heavy (non-hydrogen) atoms. The number of nitrogens with zero attached hydrogens (tertiary/aromatic N) is 1. The Morgan fingerprint density at radius 2 is 1.82 bits per heavy atom. The predicted molar refractivity (Wildman–Crippen MR) is 93.3 cm³/mol. The fourth-order valence-electron chi connectivity index (χ4n) is 3.03. The summed E-state index contributed by atoms with van der Waals surface area (Å²) < 4.78 is 0. The van der Waals surface area contributed by atoms with Crippen LogP contribution in [-0.2, 0) is 19.3 Å². The van der Waals surface area contributed by atoms with E-state index in [1.165, 1.54) is 36.0 Å². The molecule has 0 saturated heterocycles. The largest absolute Gasteiger partial charge is 0.370 e. The van der Waals surface area contributed by atoms with Crippen molar-refractivity contribution in [3.8, 4) is 0 Å². The van der Waals surface area contributed by atoms with Gasteiger partial charge in [-0.15, -0.1) is 0 Å². The lowest BCUT2D eigenvalue weighted by atomic mass is 9.90. The smallest absolute Gasteiger partial charge is 0.193 e. The maximum absolute atomic E-state index is 6.04. The Hall–Kier alpha value is -2.29. The van der Waals surface area contributed by atoms with Crippen LogP contribution >= 0.6 is 0 Å². The molecule has 0 aliphatic heterocycles. The average molecular weight is 293 g/mol. The number of benzene rings is 2. The summed E-state index contributed by atoms with van der Waals surface area (Å²) in [5.41, 5.74) is 11.3. The number of nitrogens with two attached hydrogens (primary N) is 1. The van der Waals surface area contributed by atoms with Crippen LogP contribution in [0.4, 0.5) is 5.69 Å². The molecule has 0 atom stereocenters. The zero-order chi connectivity index (χ0) is 15.2. The van der Waals surface area contributed by atoms with E-state index in [1.807, 2.05) is 6.07 Å². The third kappa shape index (κ3) is 3.67. The van der Waals surface area contributed by atoms with Gasteiger partial charge in [0, 0.05) is 12.2 Å². The Labute approximate surface area is 132 Å². The number of hydrogen-bond acceptors (Lipinski definition) is 1. The number of aliphatic imine (C=N–C) groups is 1. The SMILES string of the molecule is NC(=NCCc1ccccc1)Nc1cccc2c1CCCC2. The van der Waals surface area contributed by atoms with Gasteiger partial charge >= 0.3 is 0 Å². The van der Waals surface area contributed by atoms with E-state index in [1.54, 1.807) is 0 Å². The number of rotatable bonds is 4. The van der Waals surface area contributed by atoms with Crippen molar-refractivity contribution in [2.75, 3.05) is 11.9 Å². The van der Waals surface area contributed by atoms with E-state index in [9.17, 15) is 0 Å². The summed E-state index contributed by atoms with van der Waals surface area (Å²) in [4.78, 5) is 4.45. The molecule has 0 heterocycles. The van der Waals surface area contributed by atoms with Gasteiger partial charge in [-0.05, 0) is 54.9 Å². The van der Waals surface area contributed by atoms with Crippen LogP contribution in [0.5, 0.6) is 0 Å². The van der Waals surface area contributed by atoms with Crippen LogP contribution in [0.1, 0.15) is 29.5 Å². The first-order valence-electron chi connectivity index (χ1n) is 8.04. The molecular weight excluding hydrogens is 270 g/mol. The van der Waals surface area contributed by atoms with Crippen LogP contribution in [0.25, 0.3) is 0 Å². The first kappa shape index (κ1) is 14.6. The molecule has 0 aromatic heterocycles. The van der Waals surface area contributed by atoms with E-state index in [4.69, 9.17) is 5.73 Å². The molecule has 3 N–H and O–H groups in total. The van der Waals surface area contributed by atoms with Crippen LogP contribution in [0.2, 0.25) is 0 Å². The van der Waals surface area contributed by atoms with E-state index in [0.717, 1.165) is 18.5 Å². The quantitative estimate of drug-likeness (QED) is 0.669. The van der Waals surface area contributed by atoms with Crippen molar-refractivity contribution in [2.45, 2.75) is 32.1 Å². The molecule has 3 nitrogen and oxygen atoms in total. The average Bonchev–Trinajstić information content (AvgIpc) is 2.56. The summed E-state index contributed by atoms with van der Waals surface area (Å²) in [5, 5.41) is 3.28. The van der Waals surface area contributed by atoms with E-state index in [-0.39, 0.29) is 0 Å². The first-order chi connectivity index (χ1) is 10.8. The van der Waals surface area contributed by atoms with Crippen molar-refractivity contribution in [3.05, 3.63) is 65.2 Å². The van der Waals surface area contributed by atoms with Crippen LogP contribution in [0, 0.1) is 0 Å². The number of aryl methyl sites for hydroxylation is 1. The van der Waals surface area contributed by atoms with Crippen molar-refractivity contribution >= 4 is 11.6 Å². The summed E-state index contributed by atoms with van der Waals surface area (Å²) in [7, 11) is 0. The summed E-state index contributed by atoms with van der Waals surface area (Å²) >= 11 is 0. The van der Waals surface area contributed by atoms with Gasteiger partial charge in [0.25, 0.3) is 0 Å². The summed E-state index contributed by atoms with van der Waals surface area (Å²) in [6.45, 7) is 0.706. The monoisotopic (exact) mass is 293 g/mol. The molecule has 1 aliphatic carbocycles. The lowest BCUT2D eigenvalue weighted by Crippen LogP contribution is -2.24. The molecule has 2 aromatic rings. The minimum Gasteiger partial charge on any atom is -0.370 e. The van der Waals surface area contributed by atoms with Gasteiger partial charge in [-0.25, -0.2) is 0 Å². The Balaban J connectivity index is 1.62. The van der Waals surface area contributed by atoms with Gasteiger partial charge in [0.2, 0.25) is 0 Å². The maximum atomic E-state index is 6.04. The number of fused-ring (bicyclic) bond motifs is 1. The van der Waals surface area contributed by atoms with Crippen LogP contribution in [0.15, 0.2) is 53.5 Å². The maximum Gasteiger partial charge on any atom is 0.193 e. The molecule has 0 amide bonds. The van der Waals surface area contributed by atoms with Gasteiger partial charge in [-0.2, -0.15) is 0 Å². The molecule has 114 valence electrons. The minimum absolute atomic E-state index is 0.509. The fraction of sp³-hybridized carbons (Fsp3) is 0.316. The van der Waals surface area contributed by atoms with Crippen molar-refractivity contribution in [3.63, 3.8) is 0 Å². The minimum atomic E-state index is 0.509. The molecule has 1 aliphatic rings. The topological polar surface area (TPSA) is 50.4 Å². The molecule has 3 heteroatoms. The van der Waals surface area contributed by atoms with Gasteiger partial charge in [-0.1, -0.05) is 42.5 Å². The summed E-state index contributed by atoms with van der Waals surface area (Å²) in [6.07, 6.45) is 5.77. The van der Waals surface area contributed by atoms with Crippen LogP contribution < -0.4 is 11.1 Å². The number of guanidine groups is 1. The molecular formula is C19H23N3. The first-order valence-corrected chi connectivity index (χ1v) is 8.04. The van der Waals surface area contributed by atoms with Gasteiger partial charge in [0.15, 0.2) is 5.96 Å². The Morgan fingerprint density at radius 3 is 2.68 bits per heavy atom. The molecule has 0 unspecified atom stereocenters. The highest BCUT2D eigenvalue weighted by atomic mass is 15.1. The van der Waals surface area contributed by atoms with Crippen LogP contribution in [-0.4, -0.2) is 12.5 Å². The summed E-state index contributed by atoms with van der Waals surface area (Å²) in [5.74, 6) is 0.509. The molecule has 0 fully saturated rings. The molecule has 2 aromatic carbocycles. The highest BCUT2D eigenvalue weighted by molar-refractivity contribution is 5.93.